The molecule has 0 aliphatic heterocycles. The van der Waals surface area contributed by atoms with Crippen LogP contribution in [0.4, 0.5) is 5.95 Å². The van der Waals surface area contributed by atoms with Gasteiger partial charge in [0.25, 0.3) is 0 Å². The molecule has 0 fully saturated rings. The van der Waals surface area contributed by atoms with Crippen LogP contribution in [-0.4, -0.2) is 38.4 Å². The van der Waals surface area contributed by atoms with Crippen LogP contribution in [-0.2, 0) is 7.05 Å². The van der Waals surface area contributed by atoms with Crippen LogP contribution < -0.4 is 14.8 Å². The van der Waals surface area contributed by atoms with Gasteiger partial charge in [-0.3, -0.25) is 0 Å². The lowest BCUT2D eigenvalue weighted by Gasteiger charge is -2.08. The van der Waals surface area contributed by atoms with Gasteiger partial charge < -0.3 is 14.8 Å². The molecule has 2 heterocycles. The van der Waals surface area contributed by atoms with Crippen LogP contribution in [0.5, 0.6) is 17.9 Å². The van der Waals surface area contributed by atoms with Crippen LogP contribution in [0.2, 0.25) is 0 Å². The van der Waals surface area contributed by atoms with E-state index in [1.165, 1.54) is 0 Å². The summed E-state index contributed by atoms with van der Waals surface area (Å²) in [4.78, 5) is 12.3. The van der Waals surface area contributed by atoms with Crippen LogP contribution in [0.1, 0.15) is 19.0 Å². The van der Waals surface area contributed by atoms with Gasteiger partial charge in [0.05, 0.1) is 12.3 Å². The average molecular weight is 278 g/mol. The van der Waals surface area contributed by atoms with Crippen LogP contribution in [0.15, 0.2) is 6.07 Å². The van der Waals surface area contributed by atoms with Crippen molar-refractivity contribution in [1.29, 1.82) is 0 Å². The van der Waals surface area contributed by atoms with Gasteiger partial charge in [-0.25, -0.2) is 4.68 Å². The summed E-state index contributed by atoms with van der Waals surface area (Å²) in [6.45, 7) is 4.43. The molecule has 0 bridgehead atoms. The molecule has 2 aromatic rings. The predicted octanol–water partition coefficient (Wildman–Crippen LogP) is 1.54. The van der Waals surface area contributed by atoms with Gasteiger partial charge in [0.1, 0.15) is 0 Å². The molecule has 1 N–H and O–H groups in total. The lowest BCUT2D eigenvalue weighted by Crippen LogP contribution is -2.06. The van der Waals surface area contributed by atoms with Gasteiger partial charge in [-0.05, 0) is 13.3 Å². The molecule has 0 unspecified atom stereocenters. The lowest BCUT2D eigenvalue weighted by atomic mass is 10.5. The summed E-state index contributed by atoms with van der Waals surface area (Å²) in [5.41, 5.74) is 0.854. The molecule has 20 heavy (non-hydrogen) atoms. The number of anilines is 1. The minimum atomic E-state index is 0.165. The first-order valence-electron chi connectivity index (χ1n) is 6.37. The van der Waals surface area contributed by atoms with Gasteiger partial charge in [0, 0.05) is 20.2 Å². The third-order valence-corrected chi connectivity index (χ3v) is 2.41. The Morgan fingerprint density at radius 3 is 2.60 bits per heavy atom. The molecule has 0 spiro atoms. The Balaban J connectivity index is 2.23. The highest BCUT2D eigenvalue weighted by molar-refractivity contribution is 5.28. The molecular weight excluding hydrogens is 260 g/mol. The number of nitrogens with one attached hydrogen (secondary N) is 1. The highest BCUT2D eigenvalue weighted by Crippen LogP contribution is 2.20. The van der Waals surface area contributed by atoms with Crippen molar-refractivity contribution in [2.45, 2.75) is 20.3 Å². The zero-order valence-corrected chi connectivity index (χ0v) is 12.0. The largest absolute Gasteiger partial charge is 0.463 e. The van der Waals surface area contributed by atoms with E-state index in [4.69, 9.17) is 9.47 Å². The van der Waals surface area contributed by atoms with Crippen molar-refractivity contribution in [1.82, 2.24) is 24.7 Å². The van der Waals surface area contributed by atoms with E-state index in [1.54, 1.807) is 24.8 Å². The lowest BCUT2D eigenvalue weighted by molar-refractivity contribution is 0.284. The summed E-state index contributed by atoms with van der Waals surface area (Å²) in [5, 5.41) is 7.04. The molecule has 0 saturated heterocycles. The molecule has 2 aromatic heterocycles. The summed E-state index contributed by atoms with van der Waals surface area (Å²) in [7, 11) is 3.51. The van der Waals surface area contributed by atoms with Crippen LogP contribution in [0.3, 0.4) is 0 Å². The van der Waals surface area contributed by atoms with Crippen molar-refractivity contribution in [2.75, 3.05) is 19.0 Å². The fourth-order valence-electron chi connectivity index (χ4n) is 1.53. The Bertz CT molecular complexity index is 583. The quantitative estimate of drug-likeness (QED) is 0.857. The molecule has 0 saturated carbocycles. The van der Waals surface area contributed by atoms with E-state index in [1.807, 2.05) is 13.8 Å². The Kier molecular flexibility index (Phi) is 4.34. The smallest absolute Gasteiger partial charge is 0.331 e. The molecule has 2 rings (SSSR count). The van der Waals surface area contributed by atoms with E-state index in [0.29, 0.717) is 18.4 Å². The highest BCUT2D eigenvalue weighted by Gasteiger charge is 2.11. The number of aromatic nitrogens is 5. The molecule has 0 aromatic carbocycles. The van der Waals surface area contributed by atoms with E-state index in [0.717, 1.165) is 12.1 Å². The van der Waals surface area contributed by atoms with Crippen LogP contribution >= 0.6 is 0 Å². The topological polar surface area (TPSA) is 87.0 Å². The number of rotatable bonds is 6. The summed E-state index contributed by atoms with van der Waals surface area (Å²) in [5.74, 6) is 0.942. The molecule has 0 aliphatic rings. The Hall–Kier alpha value is -2.38. The summed E-state index contributed by atoms with van der Waals surface area (Å²) in [6, 6.07) is 2.20. The van der Waals surface area contributed by atoms with Gasteiger partial charge in [0.2, 0.25) is 11.8 Å². The first-order chi connectivity index (χ1) is 9.62. The van der Waals surface area contributed by atoms with Gasteiger partial charge in [0.15, 0.2) is 0 Å². The molecular formula is C12H18N6O2. The van der Waals surface area contributed by atoms with Crippen molar-refractivity contribution in [3.8, 4) is 17.9 Å². The SMILES string of the molecule is CCCOc1nc(NC)nc(Oc2cc(C)nn2C)n1. The second-order valence-corrected chi connectivity index (χ2v) is 4.17. The maximum Gasteiger partial charge on any atom is 0.331 e. The summed E-state index contributed by atoms with van der Waals surface area (Å²) < 4.78 is 12.6. The number of hydrogen-bond acceptors (Lipinski definition) is 7. The number of hydrogen-bond donors (Lipinski definition) is 1. The van der Waals surface area contributed by atoms with Crippen molar-refractivity contribution in [2.24, 2.45) is 7.05 Å². The summed E-state index contributed by atoms with van der Waals surface area (Å²) >= 11 is 0. The van der Waals surface area contributed by atoms with Crippen molar-refractivity contribution < 1.29 is 9.47 Å². The van der Waals surface area contributed by atoms with Gasteiger partial charge in [-0.1, -0.05) is 6.92 Å². The number of ether oxygens (including phenoxy) is 2. The Morgan fingerprint density at radius 2 is 2.00 bits per heavy atom. The van der Waals surface area contributed by atoms with E-state index in [2.05, 4.69) is 25.4 Å². The second kappa shape index (κ2) is 6.18. The van der Waals surface area contributed by atoms with Gasteiger partial charge in [-0.2, -0.15) is 15.1 Å². The van der Waals surface area contributed by atoms with Crippen LogP contribution in [0, 0.1) is 6.92 Å². The van der Waals surface area contributed by atoms with Gasteiger partial charge >= 0.3 is 12.0 Å². The van der Waals surface area contributed by atoms with E-state index < -0.39 is 0 Å². The van der Waals surface area contributed by atoms with Crippen molar-refractivity contribution in [3.05, 3.63) is 11.8 Å². The van der Waals surface area contributed by atoms with Gasteiger partial charge in [-0.15, -0.1) is 4.98 Å². The molecule has 0 radical (unpaired) electrons. The monoisotopic (exact) mass is 278 g/mol. The fraction of sp³-hybridized carbons (Fsp3) is 0.500. The van der Waals surface area contributed by atoms with Crippen LogP contribution in [0.25, 0.3) is 0 Å². The Labute approximate surface area is 117 Å². The summed E-state index contributed by atoms with van der Waals surface area (Å²) in [6.07, 6.45) is 0.873. The fourth-order valence-corrected chi connectivity index (χ4v) is 1.53. The Morgan fingerprint density at radius 1 is 1.25 bits per heavy atom. The average Bonchev–Trinajstić information content (AvgIpc) is 2.74. The highest BCUT2D eigenvalue weighted by atomic mass is 16.5. The molecule has 108 valence electrons. The zero-order valence-electron chi connectivity index (χ0n) is 12.0. The number of aryl methyl sites for hydroxylation is 2. The minimum absolute atomic E-state index is 0.165. The second-order valence-electron chi connectivity index (χ2n) is 4.17. The normalized spacial score (nSPS) is 10.4. The third-order valence-electron chi connectivity index (χ3n) is 2.41. The first kappa shape index (κ1) is 14.0. The van der Waals surface area contributed by atoms with E-state index in [9.17, 15) is 0 Å². The third kappa shape index (κ3) is 3.34. The standard InChI is InChI=1S/C12H18N6O2/c1-5-6-19-11-14-10(13-3)15-12(16-11)20-9-7-8(2)17-18(9)4/h7H,5-6H2,1-4H3,(H,13,14,15,16). The molecule has 8 heteroatoms. The first-order valence-corrected chi connectivity index (χ1v) is 6.37. The molecule has 0 amide bonds. The van der Waals surface area contributed by atoms with E-state index in [-0.39, 0.29) is 12.0 Å². The minimum Gasteiger partial charge on any atom is -0.463 e. The van der Waals surface area contributed by atoms with Crippen molar-refractivity contribution >= 4 is 5.95 Å². The molecule has 0 aliphatic carbocycles. The predicted molar refractivity (Wildman–Crippen MR) is 73.2 cm³/mol. The van der Waals surface area contributed by atoms with E-state index >= 15 is 0 Å². The van der Waals surface area contributed by atoms with Crippen molar-refractivity contribution in [3.63, 3.8) is 0 Å². The zero-order chi connectivity index (χ0) is 14.5. The maximum atomic E-state index is 5.61. The maximum absolute atomic E-state index is 5.61. The molecule has 0 atom stereocenters. The number of nitrogens with zero attached hydrogens (tertiary/aromatic N) is 5. The molecule has 8 nitrogen and oxygen atoms in total.